The summed E-state index contributed by atoms with van der Waals surface area (Å²) in [7, 11) is 0. The number of hydrogen-bond donors (Lipinski definition) is 1. The molecule has 0 aliphatic carbocycles. The number of para-hydroxylation sites is 1. The molecule has 3 heterocycles. The number of benzene rings is 1. The van der Waals surface area contributed by atoms with Crippen molar-refractivity contribution in [3.63, 3.8) is 0 Å². The van der Waals surface area contributed by atoms with Crippen molar-refractivity contribution in [2.75, 3.05) is 36.4 Å². The van der Waals surface area contributed by atoms with Crippen molar-refractivity contribution in [2.45, 2.75) is 13.2 Å². The number of nitrogens with one attached hydrogen (secondary N) is 1. The molecule has 1 aromatic carbocycles. The number of alkyl halides is 2. The van der Waals surface area contributed by atoms with Crippen LogP contribution in [0.3, 0.4) is 0 Å². The van der Waals surface area contributed by atoms with Crippen LogP contribution >= 0.6 is 0 Å². The second kappa shape index (κ2) is 10.1. The number of nitro groups is 1. The van der Waals surface area contributed by atoms with Crippen molar-refractivity contribution in [3.05, 3.63) is 70.4 Å². The van der Waals surface area contributed by atoms with E-state index in [1.807, 2.05) is 0 Å². The maximum atomic E-state index is 12.7. The van der Waals surface area contributed by atoms with E-state index >= 15 is 0 Å². The molecular formula is C21H20F2N6O5. The fourth-order valence-electron chi connectivity index (χ4n) is 3.62. The van der Waals surface area contributed by atoms with E-state index in [9.17, 15) is 23.7 Å². The van der Waals surface area contributed by atoms with Crippen LogP contribution in [-0.2, 0) is 6.54 Å². The Hall–Kier alpha value is -4.29. The quantitative estimate of drug-likeness (QED) is 0.387. The third kappa shape index (κ3) is 5.03. The molecule has 0 saturated carbocycles. The summed E-state index contributed by atoms with van der Waals surface area (Å²) >= 11 is 0. The standard InChI is InChI=1S/C21H20F2N6O5/c22-21(23)34-15-5-2-1-4-14(15)12-24-18-17(29(31)32)19(26-13-25-18)27-7-9-28(10-8-27)20(30)16-6-3-11-33-16/h1-6,11,13,21H,7-10,12H2,(H,24,25,26). The SMILES string of the molecule is O=C(c1ccco1)N1CCN(c2ncnc(NCc3ccccc3OC(F)F)c2[N+](=O)[O-])CC1. The van der Waals surface area contributed by atoms with Crippen LogP contribution in [0.25, 0.3) is 0 Å². The van der Waals surface area contributed by atoms with Crippen molar-refractivity contribution in [3.8, 4) is 5.75 Å². The fraction of sp³-hybridized carbons (Fsp3) is 0.286. The first-order chi connectivity index (χ1) is 16.4. The van der Waals surface area contributed by atoms with E-state index in [4.69, 9.17) is 4.42 Å². The molecule has 0 atom stereocenters. The maximum Gasteiger partial charge on any atom is 0.387 e. The summed E-state index contributed by atoms with van der Waals surface area (Å²) in [6.07, 6.45) is 2.60. The minimum atomic E-state index is -3.00. The average molecular weight is 474 g/mol. The number of carbonyl (C=O) groups excluding carboxylic acids is 1. The van der Waals surface area contributed by atoms with Gasteiger partial charge in [0, 0.05) is 38.3 Å². The number of hydrogen-bond acceptors (Lipinski definition) is 9. The van der Waals surface area contributed by atoms with Gasteiger partial charge in [0.05, 0.1) is 11.2 Å². The highest BCUT2D eigenvalue weighted by molar-refractivity contribution is 5.91. The first-order valence-electron chi connectivity index (χ1n) is 10.3. The van der Waals surface area contributed by atoms with E-state index in [-0.39, 0.29) is 41.3 Å². The smallest absolute Gasteiger partial charge is 0.387 e. The summed E-state index contributed by atoms with van der Waals surface area (Å²) in [5.41, 5.74) is 0.0304. The van der Waals surface area contributed by atoms with Crippen LogP contribution in [0.5, 0.6) is 5.75 Å². The first-order valence-corrected chi connectivity index (χ1v) is 10.3. The first kappa shape index (κ1) is 22.9. The molecule has 1 amide bonds. The molecule has 178 valence electrons. The number of anilines is 2. The van der Waals surface area contributed by atoms with Gasteiger partial charge in [-0.3, -0.25) is 14.9 Å². The molecule has 3 aromatic rings. The van der Waals surface area contributed by atoms with E-state index in [2.05, 4.69) is 20.0 Å². The molecule has 4 rings (SSSR count). The third-order valence-corrected chi connectivity index (χ3v) is 5.22. The molecule has 0 bridgehead atoms. The second-order valence-electron chi connectivity index (χ2n) is 7.25. The Bertz CT molecular complexity index is 1150. The van der Waals surface area contributed by atoms with Crippen LogP contribution in [0, 0.1) is 10.1 Å². The Morgan fingerprint density at radius 2 is 1.94 bits per heavy atom. The maximum absolute atomic E-state index is 12.7. The molecule has 1 aliphatic heterocycles. The number of ether oxygens (including phenoxy) is 1. The molecule has 1 aliphatic rings. The normalized spacial score (nSPS) is 13.7. The lowest BCUT2D eigenvalue weighted by atomic mass is 10.2. The summed E-state index contributed by atoms with van der Waals surface area (Å²) in [5.74, 6) is -0.0298. The lowest BCUT2D eigenvalue weighted by molar-refractivity contribution is -0.383. The molecule has 0 radical (unpaired) electrons. The number of amides is 1. The molecule has 0 unspecified atom stereocenters. The number of aromatic nitrogens is 2. The van der Waals surface area contributed by atoms with Crippen LogP contribution in [0.15, 0.2) is 53.4 Å². The van der Waals surface area contributed by atoms with Crippen LogP contribution < -0.4 is 15.0 Å². The zero-order valence-electron chi connectivity index (χ0n) is 17.8. The van der Waals surface area contributed by atoms with Crippen molar-refractivity contribution in [2.24, 2.45) is 0 Å². The summed E-state index contributed by atoms with van der Waals surface area (Å²) in [4.78, 5) is 35.1. The fourth-order valence-corrected chi connectivity index (χ4v) is 3.62. The van der Waals surface area contributed by atoms with E-state index < -0.39 is 11.5 Å². The number of piperazine rings is 1. The van der Waals surface area contributed by atoms with Crippen LogP contribution in [-0.4, -0.2) is 58.5 Å². The van der Waals surface area contributed by atoms with Crippen molar-refractivity contribution in [1.82, 2.24) is 14.9 Å². The molecule has 0 spiro atoms. The number of furan rings is 1. The molecule has 13 heteroatoms. The van der Waals surface area contributed by atoms with Gasteiger partial charge in [-0.15, -0.1) is 0 Å². The number of nitrogens with zero attached hydrogens (tertiary/aromatic N) is 5. The van der Waals surface area contributed by atoms with Gasteiger partial charge in [-0.1, -0.05) is 18.2 Å². The second-order valence-corrected chi connectivity index (χ2v) is 7.25. The number of halogens is 2. The predicted octanol–water partition coefficient (Wildman–Crippen LogP) is 3.15. The molecule has 2 aromatic heterocycles. The summed E-state index contributed by atoms with van der Waals surface area (Å²) < 4.78 is 35.0. The largest absolute Gasteiger partial charge is 0.459 e. The molecule has 11 nitrogen and oxygen atoms in total. The minimum Gasteiger partial charge on any atom is -0.459 e. The van der Waals surface area contributed by atoms with Gasteiger partial charge in [0.25, 0.3) is 5.91 Å². The highest BCUT2D eigenvalue weighted by Crippen LogP contribution is 2.33. The third-order valence-electron chi connectivity index (χ3n) is 5.22. The van der Waals surface area contributed by atoms with Gasteiger partial charge in [0.1, 0.15) is 12.1 Å². The lowest BCUT2D eigenvalue weighted by Gasteiger charge is -2.34. The molecule has 1 saturated heterocycles. The minimum absolute atomic E-state index is 0.0361. The Labute approximate surface area is 192 Å². The molecule has 1 fully saturated rings. The predicted molar refractivity (Wildman–Crippen MR) is 116 cm³/mol. The zero-order chi connectivity index (χ0) is 24.1. The molecule has 1 N–H and O–H groups in total. The monoisotopic (exact) mass is 474 g/mol. The van der Waals surface area contributed by atoms with Crippen molar-refractivity contribution < 1.29 is 27.7 Å². The van der Waals surface area contributed by atoms with Crippen molar-refractivity contribution in [1.29, 1.82) is 0 Å². The summed E-state index contributed by atoms with van der Waals surface area (Å²) in [5, 5.41) is 14.7. The van der Waals surface area contributed by atoms with E-state index in [0.717, 1.165) is 0 Å². The van der Waals surface area contributed by atoms with Gasteiger partial charge in [-0.2, -0.15) is 8.78 Å². The van der Waals surface area contributed by atoms with E-state index in [0.29, 0.717) is 31.7 Å². The van der Waals surface area contributed by atoms with Gasteiger partial charge >= 0.3 is 12.3 Å². The Kier molecular flexibility index (Phi) is 6.80. The van der Waals surface area contributed by atoms with Gasteiger partial charge in [-0.25, -0.2) is 9.97 Å². The van der Waals surface area contributed by atoms with Gasteiger partial charge in [-0.05, 0) is 18.2 Å². The number of rotatable bonds is 8. The van der Waals surface area contributed by atoms with Crippen molar-refractivity contribution >= 4 is 23.2 Å². The zero-order valence-corrected chi connectivity index (χ0v) is 17.8. The summed E-state index contributed by atoms with van der Waals surface area (Å²) in [6, 6.07) is 9.33. The Balaban J connectivity index is 1.49. The van der Waals surface area contributed by atoms with E-state index in [1.54, 1.807) is 40.1 Å². The highest BCUT2D eigenvalue weighted by atomic mass is 19.3. The van der Waals surface area contributed by atoms with Gasteiger partial charge < -0.3 is 24.3 Å². The Morgan fingerprint density at radius 1 is 1.18 bits per heavy atom. The van der Waals surface area contributed by atoms with Crippen LogP contribution in [0.4, 0.5) is 26.1 Å². The average Bonchev–Trinajstić information content (AvgIpc) is 3.37. The highest BCUT2D eigenvalue weighted by Gasteiger charge is 2.31. The van der Waals surface area contributed by atoms with E-state index in [1.165, 1.54) is 18.7 Å². The van der Waals surface area contributed by atoms with Crippen LogP contribution in [0.1, 0.15) is 16.1 Å². The molecule has 34 heavy (non-hydrogen) atoms. The Morgan fingerprint density at radius 3 is 2.62 bits per heavy atom. The van der Waals surface area contributed by atoms with Gasteiger partial charge in [0.2, 0.25) is 11.6 Å². The topological polar surface area (TPSA) is 127 Å². The number of carbonyl (C=O) groups is 1. The summed E-state index contributed by atoms with van der Waals surface area (Å²) in [6.45, 7) is -1.77. The van der Waals surface area contributed by atoms with Crippen LogP contribution in [0.2, 0.25) is 0 Å². The van der Waals surface area contributed by atoms with Gasteiger partial charge in [0.15, 0.2) is 5.76 Å². The molecular weight excluding hydrogens is 454 g/mol. The lowest BCUT2D eigenvalue weighted by Crippen LogP contribution is -2.49.